The van der Waals surface area contributed by atoms with Crippen LogP contribution >= 0.6 is 0 Å². The molecule has 24 heavy (non-hydrogen) atoms. The first-order valence-corrected chi connectivity index (χ1v) is 8.88. The lowest BCUT2D eigenvalue weighted by molar-refractivity contribution is 0.109. The summed E-state index contributed by atoms with van der Waals surface area (Å²) in [5.74, 6) is 0. The maximum Gasteiger partial charge on any atom is 0.0707 e. The molecule has 1 saturated heterocycles. The van der Waals surface area contributed by atoms with Crippen LogP contribution in [0.1, 0.15) is 16.7 Å². The Bertz CT molecular complexity index is 648. The molecule has 2 aromatic carbocycles. The molecule has 1 heterocycles. The molecular weight excluding hydrogens is 296 g/mol. The van der Waals surface area contributed by atoms with Gasteiger partial charge in [0.1, 0.15) is 0 Å². The van der Waals surface area contributed by atoms with Crippen molar-refractivity contribution in [3.63, 3.8) is 0 Å². The lowest BCUT2D eigenvalue weighted by atomic mass is 10.1. The highest BCUT2D eigenvalue weighted by atomic mass is 16.3. The summed E-state index contributed by atoms with van der Waals surface area (Å²) in [5, 5.41) is 10.3. The van der Waals surface area contributed by atoms with Crippen LogP contribution in [0.25, 0.3) is 0 Å². The maximum atomic E-state index is 10.3. The first-order chi connectivity index (χ1) is 11.6. The van der Waals surface area contributed by atoms with Gasteiger partial charge in [0.25, 0.3) is 0 Å². The molecule has 3 rings (SSSR count). The summed E-state index contributed by atoms with van der Waals surface area (Å²) < 4.78 is 0. The molecule has 0 aromatic heterocycles. The van der Waals surface area contributed by atoms with Crippen molar-refractivity contribution in [3.05, 3.63) is 65.2 Å². The molecule has 128 valence electrons. The second-order valence-corrected chi connectivity index (χ2v) is 6.90. The van der Waals surface area contributed by atoms with Gasteiger partial charge in [0.15, 0.2) is 0 Å². The zero-order valence-corrected chi connectivity index (χ0v) is 14.8. The highest BCUT2D eigenvalue weighted by Gasteiger charge is 2.19. The normalized spacial score (nSPS) is 17.0. The predicted molar refractivity (Wildman–Crippen MR) is 101 cm³/mol. The Labute approximate surface area is 145 Å². The smallest absolute Gasteiger partial charge is 0.0707 e. The number of rotatable bonds is 5. The SMILES string of the molecule is Cc1ccc(N2CCN(CC(O)Cc3ccccc3)CC2)cc1C. The second-order valence-electron chi connectivity index (χ2n) is 6.90. The number of piperazine rings is 1. The minimum atomic E-state index is -0.291. The second kappa shape index (κ2) is 7.82. The Hall–Kier alpha value is -1.84. The van der Waals surface area contributed by atoms with Crippen molar-refractivity contribution in [2.75, 3.05) is 37.6 Å². The van der Waals surface area contributed by atoms with E-state index < -0.39 is 0 Å². The van der Waals surface area contributed by atoms with Gasteiger partial charge in [-0.2, -0.15) is 0 Å². The van der Waals surface area contributed by atoms with Crippen LogP contribution in [0.15, 0.2) is 48.5 Å². The summed E-state index contributed by atoms with van der Waals surface area (Å²) in [5.41, 5.74) is 5.23. The maximum absolute atomic E-state index is 10.3. The standard InChI is InChI=1S/C21H28N2O/c1-17-8-9-20(14-18(17)2)23-12-10-22(11-13-23)16-21(24)15-19-6-4-3-5-7-19/h3-9,14,21,24H,10-13,15-16H2,1-2H3. The van der Waals surface area contributed by atoms with Gasteiger partial charge in [-0.05, 0) is 49.1 Å². The minimum Gasteiger partial charge on any atom is -0.391 e. The van der Waals surface area contributed by atoms with Gasteiger partial charge in [0.05, 0.1) is 6.10 Å². The van der Waals surface area contributed by atoms with E-state index in [1.165, 1.54) is 22.4 Å². The molecule has 0 bridgehead atoms. The number of benzene rings is 2. The van der Waals surface area contributed by atoms with Crippen LogP contribution in [0.3, 0.4) is 0 Å². The molecule has 0 saturated carbocycles. The predicted octanol–water partition coefficient (Wildman–Crippen LogP) is 3.03. The van der Waals surface area contributed by atoms with Gasteiger partial charge in [0, 0.05) is 38.4 Å². The number of nitrogens with zero attached hydrogens (tertiary/aromatic N) is 2. The van der Waals surface area contributed by atoms with E-state index in [0.29, 0.717) is 0 Å². The van der Waals surface area contributed by atoms with Crippen LogP contribution in [-0.2, 0) is 6.42 Å². The molecule has 3 nitrogen and oxygen atoms in total. The molecule has 1 unspecified atom stereocenters. The van der Waals surface area contributed by atoms with E-state index in [1.807, 2.05) is 18.2 Å². The number of hydrogen-bond acceptors (Lipinski definition) is 3. The quantitative estimate of drug-likeness (QED) is 0.916. The Morgan fingerprint density at radius 3 is 2.29 bits per heavy atom. The van der Waals surface area contributed by atoms with Crippen molar-refractivity contribution in [1.29, 1.82) is 0 Å². The van der Waals surface area contributed by atoms with E-state index in [9.17, 15) is 5.11 Å². The van der Waals surface area contributed by atoms with Crippen LogP contribution in [0.4, 0.5) is 5.69 Å². The number of aryl methyl sites for hydroxylation is 2. The highest BCUT2D eigenvalue weighted by molar-refractivity contribution is 5.51. The van der Waals surface area contributed by atoms with Crippen LogP contribution < -0.4 is 4.90 Å². The Kier molecular flexibility index (Phi) is 5.54. The third kappa shape index (κ3) is 4.37. The molecule has 2 aromatic rings. The highest BCUT2D eigenvalue weighted by Crippen LogP contribution is 2.20. The van der Waals surface area contributed by atoms with Gasteiger partial charge in [-0.15, -0.1) is 0 Å². The van der Waals surface area contributed by atoms with Crippen molar-refractivity contribution in [3.8, 4) is 0 Å². The van der Waals surface area contributed by atoms with Gasteiger partial charge in [-0.3, -0.25) is 4.90 Å². The van der Waals surface area contributed by atoms with Gasteiger partial charge in [0.2, 0.25) is 0 Å². The van der Waals surface area contributed by atoms with Crippen molar-refractivity contribution < 1.29 is 5.11 Å². The number of anilines is 1. The summed E-state index contributed by atoms with van der Waals surface area (Å²) in [6, 6.07) is 17.0. The first kappa shape index (κ1) is 17.0. The molecule has 0 spiro atoms. The molecule has 3 heteroatoms. The van der Waals surface area contributed by atoms with E-state index in [-0.39, 0.29) is 6.10 Å². The summed E-state index contributed by atoms with van der Waals surface area (Å²) in [7, 11) is 0. The Balaban J connectivity index is 1.49. The van der Waals surface area contributed by atoms with Crippen molar-refractivity contribution >= 4 is 5.69 Å². The lowest BCUT2D eigenvalue weighted by Crippen LogP contribution is -2.48. The average molecular weight is 324 g/mol. The third-order valence-electron chi connectivity index (χ3n) is 5.01. The fraction of sp³-hybridized carbons (Fsp3) is 0.429. The van der Waals surface area contributed by atoms with Crippen molar-refractivity contribution in [1.82, 2.24) is 4.90 Å². The fourth-order valence-corrected chi connectivity index (χ4v) is 3.36. The van der Waals surface area contributed by atoms with E-state index in [4.69, 9.17) is 0 Å². The molecule has 0 aliphatic carbocycles. The molecule has 1 aliphatic rings. The third-order valence-corrected chi connectivity index (χ3v) is 5.01. The first-order valence-electron chi connectivity index (χ1n) is 8.88. The van der Waals surface area contributed by atoms with E-state index in [0.717, 1.165) is 39.1 Å². The summed E-state index contributed by atoms with van der Waals surface area (Å²) in [4.78, 5) is 4.83. The Morgan fingerprint density at radius 2 is 1.62 bits per heavy atom. The van der Waals surface area contributed by atoms with E-state index >= 15 is 0 Å². The van der Waals surface area contributed by atoms with Crippen molar-refractivity contribution in [2.24, 2.45) is 0 Å². The lowest BCUT2D eigenvalue weighted by Gasteiger charge is -2.37. The molecule has 1 fully saturated rings. The van der Waals surface area contributed by atoms with Gasteiger partial charge >= 0.3 is 0 Å². The van der Waals surface area contributed by atoms with Crippen molar-refractivity contribution in [2.45, 2.75) is 26.4 Å². The largest absolute Gasteiger partial charge is 0.391 e. The molecular formula is C21H28N2O. The van der Waals surface area contributed by atoms with Crippen LogP contribution in [0.2, 0.25) is 0 Å². The zero-order chi connectivity index (χ0) is 16.9. The number of aliphatic hydroxyl groups excluding tert-OH is 1. The molecule has 0 amide bonds. The number of β-amino-alcohol motifs (C(OH)–C–C–N with tert-alkyl or cyclic N) is 1. The average Bonchev–Trinajstić information content (AvgIpc) is 2.59. The monoisotopic (exact) mass is 324 g/mol. The molecule has 1 atom stereocenters. The van der Waals surface area contributed by atoms with E-state index in [2.05, 4.69) is 54.0 Å². The van der Waals surface area contributed by atoms with Gasteiger partial charge in [-0.1, -0.05) is 36.4 Å². The molecule has 1 N–H and O–H groups in total. The molecule has 0 radical (unpaired) electrons. The number of hydrogen-bond donors (Lipinski definition) is 1. The van der Waals surface area contributed by atoms with Gasteiger partial charge in [-0.25, -0.2) is 0 Å². The van der Waals surface area contributed by atoms with Gasteiger partial charge < -0.3 is 10.0 Å². The summed E-state index contributed by atoms with van der Waals surface area (Å²) in [6.45, 7) is 9.18. The van der Waals surface area contributed by atoms with Crippen LogP contribution in [0, 0.1) is 13.8 Å². The molecule has 1 aliphatic heterocycles. The van der Waals surface area contributed by atoms with E-state index in [1.54, 1.807) is 0 Å². The topological polar surface area (TPSA) is 26.7 Å². The fourth-order valence-electron chi connectivity index (χ4n) is 3.36. The van der Waals surface area contributed by atoms with Crippen LogP contribution in [0.5, 0.6) is 0 Å². The summed E-state index contributed by atoms with van der Waals surface area (Å²) >= 11 is 0. The summed E-state index contributed by atoms with van der Waals surface area (Å²) in [6.07, 6.45) is 0.443. The zero-order valence-electron chi connectivity index (χ0n) is 14.8. The number of aliphatic hydroxyl groups is 1. The minimum absolute atomic E-state index is 0.291. The Morgan fingerprint density at radius 1 is 0.917 bits per heavy atom. The van der Waals surface area contributed by atoms with Crippen LogP contribution in [-0.4, -0.2) is 48.8 Å².